The van der Waals surface area contributed by atoms with Crippen LogP contribution in [0.3, 0.4) is 0 Å². The van der Waals surface area contributed by atoms with Gasteiger partial charge < -0.3 is 19.9 Å². The predicted molar refractivity (Wildman–Crippen MR) is 180 cm³/mol. The van der Waals surface area contributed by atoms with E-state index in [0.29, 0.717) is 57.4 Å². The fraction of sp³-hybridized carbons (Fsp3) is 0.514. The number of aliphatic carboxylic acids is 1. The quantitative estimate of drug-likeness (QED) is 0.220. The maximum atomic E-state index is 15.8. The van der Waals surface area contributed by atoms with Gasteiger partial charge in [0, 0.05) is 55.2 Å². The smallest absolute Gasteiger partial charge is 0.306 e. The maximum Gasteiger partial charge on any atom is 0.306 e. The molecule has 0 spiro atoms. The van der Waals surface area contributed by atoms with Gasteiger partial charge in [-0.15, -0.1) is 11.3 Å². The second-order valence-electron chi connectivity index (χ2n) is 13.0. The topological polar surface area (TPSA) is 108 Å². The van der Waals surface area contributed by atoms with Crippen molar-refractivity contribution >= 4 is 56.4 Å². The van der Waals surface area contributed by atoms with E-state index in [1.807, 2.05) is 36.1 Å². The van der Waals surface area contributed by atoms with E-state index in [2.05, 4.69) is 10.2 Å². The summed E-state index contributed by atoms with van der Waals surface area (Å²) in [5.41, 5.74) is 0.279. The molecular weight excluding hydrogens is 645 g/mol. The average Bonchev–Trinajstić information content (AvgIpc) is 3.74. The van der Waals surface area contributed by atoms with Crippen LogP contribution in [0.1, 0.15) is 67.8 Å². The van der Waals surface area contributed by atoms with Crippen LogP contribution in [0.15, 0.2) is 41.8 Å². The molecule has 2 aromatic carbocycles. The van der Waals surface area contributed by atoms with Crippen molar-refractivity contribution < 1.29 is 33.4 Å². The molecule has 1 unspecified atom stereocenters. The molecule has 1 amide bonds. The number of benzene rings is 2. The number of fused-ring (bicyclic) bond motifs is 1. The number of carboxylic acids is 1. The number of likely N-dealkylation sites (tertiary alicyclic amines) is 2. The Balaban J connectivity index is 1.27. The molecule has 12 heteroatoms. The minimum Gasteiger partial charge on any atom is -0.481 e. The number of thiophene rings is 1. The molecule has 2 aliphatic heterocycles. The van der Waals surface area contributed by atoms with Crippen molar-refractivity contribution in [2.45, 2.75) is 75.8 Å². The average molecular weight is 686 g/mol. The third-order valence-electron chi connectivity index (χ3n) is 10.2. The Morgan fingerprint density at radius 1 is 1.11 bits per heavy atom. The lowest BCUT2D eigenvalue weighted by molar-refractivity contribution is -0.300. The molecular formula is C35H41ClFN3O6S. The van der Waals surface area contributed by atoms with Crippen molar-refractivity contribution in [3.8, 4) is 0 Å². The van der Waals surface area contributed by atoms with Gasteiger partial charge in [0.25, 0.3) is 5.91 Å². The number of carbonyl (C=O) groups is 3. The number of amides is 1. The summed E-state index contributed by atoms with van der Waals surface area (Å²) in [7, 11) is 1.67. The van der Waals surface area contributed by atoms with Crippen LogP contribution in [0.25, 0.3) is 10.1 Å². The van der Waals surface area contributed by atoms with Gasteiger partial charge in [-0.25, -0.2) is 4.39 Å². The summed E-state index contributed by atoms with van der Waals surface area (Å²) in [6.07, 6.45) is 3.93. The molecule has 2 N–H and O–H groups in total. The van der Waals surface area contributed by atoms with E-state index >= 15 is 4.39 Å². The Morgan fingerprint density at radius 3 is 2.47 bits per heavy atom. The number of anilines is 1. The van der Waals surface area contributed by atoms with Crippen molar-refractivity contribution in [2.24, 2.45) is 5.92 Å². The van der Waals surface area contributed by atoms with E-state index < -0.39 is 35.1 Å². The molecule has 1 saturated carbocycles. The number of carbonyl (C=O) groups excluding carboxylic acids is 2. The maximum absolute atomic E-state index is 15.8. The van der Waals surface area contributed by atoms with Crippen molar-refractivity contribution in [3.05, 3.63) is 63.7 Å². The first-order valence-corrected chi connectivity index (χ1v) is 17.6. The monoisotopic (exact) mass is 685 g/mol. The van der Waals surface area contributed by atoms with Gasteiger partial charge in [0.2, 0.25) is 5.85 Å². The van der Waals surface area contributed by atoms with Crippen LogP contribution in [0.4, 0.5) is 10.1 Å². The van der Waals surface area contributed by atoms with Gasteiger partial charge in [0.05, 0.1) is 33.9 Å². The van der Waals surface area contributed by atoms with Crippen molar-refractivity contribution in [1.29, 1.82) is 0 Å². The third-order valence-corrected chi connectivity index (χ3v) is 11.5. The Labute approximate surface area is 283 Å². The van der Waals surface area contributed by atoms with Gasteiger partial charge in [-0.05, 0) is 68.7 Å². The SMILES string of the molecule is CCC1(OC)CN(C(O[C@H]2CC[C@H](C(=O)O)CC2)(C(=O)Cc2cc(Cl)c(NC(=O)c3csc4ccccc34)cc2F)N2CCCC2)C1. The fourth-order valence-electron chi connectivity index (χ4n) is 7.26. The summed E-state index contributed by atoms with van der Waals surface area (Å²) >= 11 is 8.06. The standard InChI is InChI=1S/C35H41ClFN3O6S/c1-3-34(45-2)20-40(21-34)35(39-14-6-7-15-39,46-24-12-10-22(11-13-24)33(43)44)31(41)17-23-16-27(36)29(18-28(23)37)38-32(42)26-19-47-30-9-5-4-8-25(26)30/h4-5,8-9,16,18-19,22,24H,3,6-7,10-15,17,20-21H2,1-2H3,(H,38,42)(H,43,44)/t22-,24-,35?. The molecule has 252 valence electrons. The number of halogens is 2. The largest absolute Gasteiger partial charge is 0.481 e. The fourth-order valence-corrected chi connectivity index (χ4v) is 8.43. The number of nitrogens with one attached hydrogen (secondary N) is 1. The molecule has 3 fully saturated rings. The molecule has 3 aromatic rings. The summed E-state index contributed by atoms with van der Waals surface area (Å²) in [5, 5.41) is 15.0. The first-order valence-electron chi connectivity index (χ1n) is 16.3. The van der Waals surface area contributed by atoms with Crippen LogP contribution >= 0.6 is 22.9 Å². The van der Waals surface area contributed by atoms with Crippen LogP contribution in [0.5, 0.6) is 0 Å². The van der Waals surface area contributed by atoms with Crippen LogP contribution in [-0.4, -0.2) is 83.4 Å². The highest BCUT2D eigenvalue weighted by Gasteiger charge is 2.59. The molecule has 2 saturated heterocycles. The van der Waals surface area contributed by atoms with E-state index in [1.165, 1.54) is 23.5 Å². The van der Waals surface area contributed by atoms with Crippen molar-refractivity contribution in [2.75, 3.05) is 38.6 Å². The highest BCUT2D eigenvalue weighted by molar-refractivity contribution is 7.17. The Hall–Kier alpha value is -2.93. The number of methoxy groups -OCH3 is 1. The summed E-state index contributed by atoms with van der Waals surface area (Å²) in [6, 6.07) is 10.1. The van der Waals surface area contributed by atoms with Crippen LogP contribution in [0, 0.1) is 11.7 Å². The minimum atomic E-state index is -1.46. The van der Waals surface area contributed by atoms with Gasteiger partial charge in [-0.3, -0.25) is 24.2 Å². The van der Waals surface area contributed by atoms with Crippen LogP contribution in [0.2, 0.25) is 5.02 Å². The van der Waals surface area contributed by atoms with E-state index in [0.717, 1.165) is 29.3 Å². The number of ketones is 1. The minimum absolute atomic E-state index is 0.106. The van der Waals surface area contributed by atoms with Crippen molar-refractivity contribution in [1.82, 2.24) is 9.80 Å². The molecule has 3 aliphatic rings. The number of Topliss-reactive ketones (excluding diaryl/α,β-unsaturated/α-hetero) is 1. The first-order chi connectivity index (χ1) is 22.6. The Kier molecular flexibility index (Phi) is 10.0. The lowest BCUT2D eigenvalue weighted by atomic mass is 9.86. The molecule has 47 heavy (non-hydrogen) atoms. The van der Waals surface area contributed by atoms with E-state index in [-0.39, 0.29) is 34.6 Å². The molecule has 1 aliphatic carbocycles. The van der Waals surface area contributed by atoms with E-state index in [1.54, 1.807) is 12.5 Å². The van der Waals surface area contributed by atoms with E-state index in [4.69, 9.17) is 21.1 Å². The van der Waals surface area contributed by atoms with Gasteiger partial charge in [0.1, 0.15) is 5.82 Å². The van der Waals surface area contributed by atoms with Crippen LogP contribution in [-0.2, 0) is 25.5 Å². The number of nitrogens with zero attached hydrogens (tertiary/aromatic N) is 2. The number of rotatable bonds is 12. The zero-order valence-corrected chi connectivity index (χ0v) is 28.3. The normalized spacial score (nSPS) is 22.9. The summed E-state index contributed by atoms with van der Waals surface area (Å²) in [4.78, 5) is 43.5. The number of ether oxygens (including phenoxy) is 2. The number of hydrogen-bond donors (Lipinski definition) is 2. The highest BCUT2D eigenvalue weighted by atomic mass is 35.5. The van der Waals surface area contributed by atoms with Crippen LogP contribution < -0.4 is 5.32 Å². The number of hydrogen-bond acceptors (Lipinski definition) is 8. The summed E-state index contributed by atoms with van der Waals surface area (Å²) in [5.74, 6) is -4.06. The summed E-state index contributed by atoms with van der Waals surface area (Å²) < 4.78 is 29.5. The highest BCUT2D eigenvalue weighted by Crippen LogP contribution is 2.42. The Bertz CT molecular complexity index is 1640. The lowest BCUT2D eigenvalue weighted by Gasteiger charge is -2.59. The van der Waals surface area contributed by atoms with Gasteiger partial charge >= 0.3 is 5.97 Å². The summed E-state index contributed by atoms with van der Waals surface area (Å²) in [6.45, 7) is 4.28. The Morgan fingerprint density at radius 2 is 1.81 bits per heavy atom. The predicted octanol–water partition coefficient (Wildman–Crippen LogP) is 6.58. The first kappa shape index (κ1) is 34.0. The van der Waals surface area contributed by atoms with E-state index in [9.17, 15) is 19.5 Å². The van der Waals surface area contributed by atoms with Gasteiger partial charge in [-0.1, -0.05) is 36.7 Å². The molecule has 1 aromatic heterocycles. The molecule has 6 rings (SSSR count). The van der Waals surface area contributed by atoms with Gasteiger partial charge in [0.15, 0.2) is 5.78 Å². The zero-order chi connectivity index (χ0) is 33.3. The third kappa shape index (κ3) is 6.58. The second-order valence-corrected chi connectivity index (χ2v) is 14.3. The second kappa shape index (κ2) is 13.9. The molecule has 0 radical (unpaired) electrons. The molecule has 9 nitrogen and oxygen atoms in total. The van der Waals surface area contributed by atoms with Crippen molar-refractivity contribution in [3.63, 3.8) is 0 Å². The molecule has 3 heterocycles. The lowest BCUT2D eigenvalue weighted by Crippen LogP contribution is -2.77. The molecule has 1 atom stereocenters. The van der Waals surface area contributed by atoms with Gasteiger partial charge in [-0.2, -0.15) is 0 Å². The molecule has 0 bridgehead atoms. The number of carboxylic acid groups (broad SMARTS) is 1. The zero-order valence-electron chi connectivity index (χ0n) is 26.7.